The number of hydrogen-bond acceptors (Lipinski definition) is 3. The van der Waals surface area contributed by atoms with Crippen LogP contribution in [-0.4, -0.2) is 23.8 Å². The van der Waals surface area contributed by atoms with Gasteiger partial charge in [-0.25, -0.2) is 0 Å². The van der Waals surface area contributed by atoms with Crippen LogP contribution in [0.1, 0.15) is 33.6 Å². The molecule has 0 amide bonds. The molecule has 0 aromatic rings. The molecule has 0 unspecified atom stereocenters. The third-order valence-electron chi connectivity index (χ3n) is 2.53. The van der Waals surface area contributed by atoms with Gasteiger partial charge in [-0.2, -0.15) is 0 Å². The summed E-state index contributed by atoms with van der Waals surface area (Å²) in [5.74, 6) is 0.0235. The van der Waals surface area contributed by atoms with E-state index in [4.69, 9.17) is 9.47 Å². The molecule has 0 N–H and O–H groups in total. The first-order chi connectivity index (χ1) is 5.90. The molecule has 1 heterocycles. The number of carbonyl (C=O) groups excluding carboxylic acids is 1. The van der Waals surface area contributed by atoms with Crippen LogP contribution in [-0.2, 0) is 14.3 Å². The lowest BCUT2D eigenvalue weighted by Gasteiger charge is -2.33. The van der Waals surface area contributed by atoms with Gasteiger partial charge in [0.1, 0.15) is 5.60 Å². The van der Waals surface area contributed by atoms with Crippen molar-refractivity contribution < 1.29 is 14.3 Å². The lowest BCUT2D eigenvalue weighted by molar-refractivity contribution is -0.165. The van der Waals surface area contributed by atoms with Gasteiger partial charge in [-0.15, -0.1) is 0 Å². The highest BCUT2D eigenvalue weighted by molar-refractivity contribution is 5.74. The Morgan fingerprint density at radius 3 is 2.38 bits per heavy atom. The highest BCUT2D eigenvalue weighted by Gasteiger charge is 2.58. The Bertz CT molecular complexity index is 227. The van der Waals surface area contributed by atoms with Crippen LogP contribution >= 0.6 is 0 Å². The second-order valence-electron chi connectivity index (χ2n) is 5.11. The van der Waals surface area contributed by atoms with Crippen LogP contribution in [0, 0.1) is 5.92 Å². The highest BCUT2D eigenvalue weighted by Crippen LogP contribution is 2.50. The molecule has 0 aromatic heterocycles. The van der Waals surface area contributed by atoms with Crippen molar-refractivity contribution in [3.63, 3.8) is 0 Å². The second kappa shape index (κ2) is 2.47. The molecule has 1 aliphatic carbocycles. The molecule has 0 atom stereocenters. The van der Waals surface area contributed by atoms with Crippen LogP contribution in [0.25, 0.3) is 0 Å². The van der Waals surface area contributed by atoms with Gasteiger partial charge in [0, 0.05) is 0 Å². The number of ether oxygens (including phenoxy) is 2. The van der Waals surface area contributed by atoms with E-state index >= 15 is 0 Å². The van der Waals surface area contributed by atoms with Crippen molar-refractivity contribution in [2.24, 2.45) is 5.92 Å². The first-order valence-corrected chi connectivity index (χ1v) is 4.77. The lowest BCUT2D eigenvalue weighted by Crippen LogP contribution is -2.40. The number of rotatable bonds is 1. The van der Waals surface area contributed by atoms with Crippen molar-refractivity contribution in [2.45, 2.75) is 44.8 Å². The predicted molar refractivity (Wildman–Crippen MR) is 47.3 cm³/mol. The quantitative estimate of drug-likeness (QED) is 0.458. The topological polar surface area (TPSA) is 38.8 Å². The fraction of sp³-hybridized carbons (Fsp3) is 0.900. The number of carbonyl (C=O) groups is 1. The van der Waals surface area contributed by atoms with Crippen molar-refractivity contribution in [3.8, 4) is 0 Å². The standard InChI is InChI=1S/C10H16O3/c1-9(2,3)13-8(11)7-4-10(5-7)6-12-10/h7H,4-6H2,1-3H3. The Kier molecular flexibility index (Phi) is 1.71. The summed E-state index contributed by atoms with van der Waals surface area (Å²) in [5.41, 5.74) is -0.258. The Labute approximate surface area is 78.4 Å². The maximum atomic E-state index is 11.5. The minimum absolute atomic E-state index is 0.0615. The van der Waals surface area contributed by atoms with E-state index in [2.05, 4.69) is 0 Å². The van der Waals surface area contributed by atoms with Gasteiger partial charge in [-0.3, -0.25) is 4.79 Å². The minimum atomic E-state index is -0.357. The summed E-state index contributed by atoms with van der Waals surface area (Å²) in [6.45, 7) is 6.53. The van der Waals surface area contributed by atoms with Gasteiger partial charge >= 0.3 is 5.97 Å². The molecule has 13 heavy (non-hydrogen) atoms. The zero-order valence-corrected chi connectivity index (χ0v) is 8.42. The fourth-order valence-corrected chi connectivity index (χ4v) is 1.73. The maximum absolute atomic E-state index is 11.5. The molecule has 0 aromatic carbocycles. The van der Waals surface area contributed by atoms with Gasteiger partial charge in [-0.05, 0) is 33.6 Å². The van der Waals surface area contributed by atoms with E-state index in [-0.39, 0.29) is 23.1 Å². The monoisotopic (exact) mass is 184 g/mol. The van der Waals surface area contributed by atoms with E-state index < -0.39 is 0 Å². The molecular formula is C10H16O3. The van der Waals surface area contributed by atoms with Crippen LogP contribution in [0.3, 0.4) is 0 Å². The van der Waals surface area contributed by atoms with E-state index in [1.54, 1.807) is 0 Å². The van der Waals surface area contributed by atoms with Gasteiger partial charge in [0.15, 0.2) is 0 Å². The van der Waals surface area contributed by atoms with E-state index in [0.717, 1.165) is 19.4 Å². The molecule has 3 nitrogen and oxygen atoms in total. The fourth-order valence-electron chi connectivity index (χ4n) is 1.73. The van der Waals surface area contributed by atoms with Crippen molar-refractivity contribution in [1.29, 1.82) is 0 Å². The Morgan fingerprint density at radius 2 is 2.00 bits per heavy atom. The van der Waals surface area contributed by atoms with E-state index in [1.807, 2.05) is 20.8 Å². The third kappa shape index (κ3) is 1.85. The SMILES string of the molecule is CC(C)(C)OC(=O)C1CC2(CO2)C1. The molecule has 2 rings (SSSR count). The highest BCUT2D eigenvalue weighted by atomic mass is 16.6. The molecule has 1 aliphatic heterocycles. The molecule has 2 aliphatic rings. The summed E-state index contributed by atoms with van der Waals surface area (Å²) < 4.78 is 10.5. The van der Waals surface area contributed by atoms with Crippen molar-refractivity contribution in [3.05, 3.63) is 0 Å². The zero-order chi connectivity index (χ0) is 9.69. The Hall–Kier alpha value is -0.570. The van der Waals surface area contributed by atoms with Crippen molar-refractivity contribution in [2.75, 3.05) is 6.61 Å². The summed E-state index contributed by atoms with van der Waals surface area (Å²) in [6.07, 6.45) is 1.73. The number of hydrogen-bond donors (Lipinski definition) is 0. The summed E-state index contributed by atoms with van der Waals surface area (Å²) in [5, 5.41) is 0. The average Bonchev–Trinajstić information content (AvgIpc) is 2.56. The molecule has 3 heteroatoms. The number of epoxide rings is 1. The Balaban J connectivity index is 1.79. The summed E-state index contributed by atoms with van der Waals surface area (Å²) >= 11 is 0. The second-order valence-corrected chi connectivity index (χ2v) is 5.11. The van der Waals surface area contributed by atoms with Crippen LogP contribution in [0.15, 0.2) is 0 Å². The predicted octanol–water partition coefficient (Wildman–Crippen LogP) is 1.51. The largest absolute Gasteiger partial charge is 0.460 e. The Morgan fingerprint density at radius 1 is 1.46 bits per heavy atom. The van der Waals surface area contributed by atoms with Crippen LogP contribution < -0.4 is 0 Å². The van der Waals surface area contributed by atoms with Gasteiger partial charge in [-0.1, -0.05) is 0 Å². The molecule has 1 spiro atoms. The average molecular weight is 184 g/mol. The van der Waals surface area contributed by atoms with Crippen molar-refractivity contribution in [1.82, 2.24) is 0 Å². The smallest absolute Gasteiger partial charge is 0.309 e. The van der Waals surface area contributed by atoms with Gasteiger partial charge in [0.05, 0.1) is 18.1 Å². The summed E-state index contributed by atoms with van der Waals surface area (Å²) in [7, 11) is 0. The van der Waals surface area contributed by atoms with E-state index in [1.165, 1.54) is 0 Å². The van der Waals surface area contributed by atoms with Crippen LogP contribution in [0.2, 0.25) is 0 Å². The van der Waals surface area contributed by atoms with Crippen LogP contribution in [0.4, 0.5) is 0 Å². The summed E-state index contributed by atoms with van der Waals surface area (Å²) in [4.78, 5) is 11.5. The van der Waals surface area contributed by atoms with E-state index in [9.17, 15) is 4.79 Å². The normalized spacial score (nSPS) is 37.0. The molecule has 1 saturated heterocycles. The summed E-state index contributed by atoms with van der Waals surface area (Å²) in [6, 6.07) is 0. The zero-order valence-electron chi connectivity index (χ0n) is 8.42. The lowest BCUT2D eigenvalue weighted by atomic mass is 9.75. The molecule has 1 saturated carbocycles. The van der Waals surface area contributed by atoms with Gasteiger partial charge in [0.25, 0.3) is 0 Å². The number of esters is 1. The molecule has 0 radical (unpaired) electrons. The molecular weight excluding hydrogens is 168 g/mol. The molecule has 74 valence electrons. The minimum Gasteiger partial charge on any atom is -0.460 e. The first kappa shape index (κ1) is 9.00. The third-order valence-corrected chi connectivity index (χ3v) is 2.53. The molecule has 0 bridgehead atoms. The maximum Gasteiger partial charge on any atom is 0.309 e. The van der Waals surface area contributed by atoms with E-state index in [0.29, 0.717) is 0 Å². The van der Waals surface area contributed by atoms with Crippen LogP contribution in [0.5, 0.6) is 0 Å². The first-order valence-electron chi connectivity index (χ1n) is 4.77. The van der Waals surface area contributed by atoms with Gasteiger partial charge < -0.3 is 9.47 Å². The van der Waals surface area contributed by atoms with Gasteiger partial charge in [0.2, 0.25) is 0 Å². The van der Waals surface area contributed by atoms with Crippen molar-refractivity contribution >= 4 is 5.97 Å². The molecule has 2 fully saturated rings.